The highest BCUT2D eigenvalue weighted by Crippen LogP contribution is 2.31. The fourth-order valence-corrected chi connectivity index (χ4v) is 2.15. The summed E-state index contributed by atoms with van der Waals surface area (Å²) in [4.78, 5) is 6.03. The van der Waals surface area contributed by atoms with Crippen molar-refractivity contribution >= 4 is 22.9 Å². The van der Waals surface area contributed by atoms with Crippen LogP contribution in [0.25, 0.3) is 5.52 Å². The molecule has 2 aromatic heterocycles. The van der Waals surface area contributed by atoms with Crippen molar-refractivity contribution in [3.63, 3.8) is 0 Å². The topological polar surface area (TPSA) is 33.4 Å². The van der Waals surface area contributed by atoms with Gasteiger partial charge in [0.25, 0.3) is 0 Å². The Morgan fingerprint density at radius 1 is 1.40 bits per heavy atom. The van der Waals surface area contributed by atoms with Crippen LogP contribution in [-0.2, 0) is 6.18 Å². The summed E-state index contributed by atoms with van der Waals surface area (Å²) >= 11 is 5.75. The van der Waals surface area contributed by atoms with Gasteiger partial charge in [0, 0.05) is 36.9 Å². The first-order chi connectivity index (χ1) is 9.34. The highest BCUT2D eigenvalue weighted by molar-refractivity contribution is 6.18. The highest BCUT2D eigenvalue weighted by atomic mass is 35.5. The molecule has 0 saturated heterocycles. The first-order valence-electron chi connectivity index (χ1n) is 6.08. The van der Waals surface area contributed by atoms with Crippen molar-refractivity contribution in [2.24, 2.45) is 0 Å². The summed E-state index contributed by atoms with van der Waals surface area (Å²) in [5.74, 6) is 0.812. The number of aromatic nitrogens is 3. The maximum atomic E-state index is 12.7. The van der Waals surface area contributed by atoms with E-state index < -0.39 is 11.9 Å². The Kier molecular flexibility index (Phi) is 4.08. The van der Waals surface area contributed by atoms with Gasteiger partial charge in [-0.1, -0.05) is 0 Å². The fourth-order valence-electron chi connectivity index (χ4n) is 1.97. The lowest BCUT2D eigenvalue weighted by Crippen LogP contribution is -2.33. The van der Waals surface area contributed by atoms with Crippen LogP contribution in [0.15, 0.2) is 18.5 Å². The third-order valence-corrected chi connectivity index (χ3v) is 3.05. The average Bonchev–Trinajstić information content (AvgIpc) is 2.79. The molecular formula is C12H14ClF3N4. The summed E-state index contributed by atoms with van der Waals surface area (Å²) in [6.07, 6.45) is -1.65. The Morgan fingerprint density at radius 3 is 2.65 bits per heavy atom. The predicted octanol–water partition coefficient (Wildman–Crippen LogP) is 3.20. The summed E-state index contributed by atoms with van der Waals surface area (Å²) in [6.45, 7) is 4.36. The molecule has 2 rings (SSSR count). The van der Waals surface area contributed by atoms with Gasteiger partial charge in [-0.2, -0.15) is 18.3 Å². The third-order valence-electron chi connectivity index (χ3n) is 2.88. The minimum atomic E-state index is -4.47. The molecule has 0 bridgehead atoms. The van der Waals surface area contributed by atoms with Crippen molar-refractivity contribution in [3.8, 4) is 0 Å². The van der Waals surface area contributed by atoms with Crippen molar-refractivity contribution in [1.29, 1.82) is 0 Å². The van der Waals surface area contributed by atoms with E-state index >= 15 is 0 Å². The lowest BCUT2D eigenvalue weighted by Gasteiger charge is -2.27. The van der Waals surface area contributed by atoms with Gasteiger partial charge in [-0.25, -0.2) is 9.50 Å². The number of nitrogens with zero attached hydrogens (tertiary/aromatic N) is 4. The van der Waals surface area contributed by atoms with Gasteiger partial charge in [-0.15, -0.1) is 11.6 Å². The number of hydrogen-bond donors (Lipinski definition) is 0. The minimum absolute atomic E-state index is 0.0664. The Hall–Kier alpha value is -1.50. The molecule has 0 aliphatic carbocycles. The van der Waals surface area contributed by atoms with E-state index in [0.29, 0.717) is 23.8 Å². The van der Waals surface area contributed by atoms with E-state index in [0.717, 1.165) is 6.07 Å². The molecule has 0 N–H and O–H groups in total. The highest BCUT2D eigenvalue weighted by Gasteiger charge is 2.34. The van der Waals surface area contributed by atoms with E-state index in [2.05, 4.69) is 10.1 Å². The van der Waals surface area contributed by atoms with E-state index in [4.69, 9.17) is 11.6 Å². The first kappa shape index (κ1) is 14.9. The summed E-state index contributed by atoms with van der Waals surface area (Å²) in [7, 11) is 0. The molecule has 0 unspecified atom stereocenters. The molecule has 0 spiro atoms. The summed E-state index contributed by atoms with van der Waals surface area (Å²) in [6, 6.07) is 1.07. The van der Waals surface area contributed by atoms with Crippen LogP contribution in [-0.4, -0.2) is 33.1 Å². The van der Waals surface area contributed by atoms with E-state index in [1.807, 2.05) is 18.7 Å². The molecule has 20 heavy (non-hydrogen) atoms. The molecule has 110 valence electrons. The van der Waals surface area contributed by atoms with Crippen LogP contribution >= 0.6 is 11.6 Å². The molecule has 2 aromatic rings. The predicted molar refractivity (Wildman–Crippen MR) is 71.2 cm³/mol. The second-order valence-corrected chi connectivity index (χ2v) is 4.96. The van der Waals surface area contributed by atoms with Crippen molar-refractivity contribution in [1.82, 2.24) is 14.6 Å². The summed E-state index contributed by atoms with van der Waals surface area (Å²) in [5, 5.41) is 3.54. The van der Waals surface area contributed by atoms with Crippen LogP contribution in [0.2, 0.25) is 0 Å². The monoisotopic (exact) mass is 306 g/mol. The SMILES string of the molecule is CC(C)N(CCCl)c1nccn2nc(C(F)(F)F)cc12. The smallest absolute Gasteiger partial charge is 0.351 e. The maximum Gasteiger partial charge on any atom is 0.435 e. The van der Waals surface area contributed by atoms with E-state index in [-0.39, 0.29) is 6.04 Å². The van der Waals surface area contributed by atoms with E-state index in [9.17, 15) is 13.2 Å². The van der Waals surface area contributed by atoms with Crippen molar-refractivity contribution in [2.75, 3.05) is 17.3 Å². The number of anilines is 1. The van der Waals surface area contributed by atoms with E-state index in [1.165, 1.54) is 16.9 Å². The molecule has 0 fully saturated rings. The number of alkyl halides is 4. The maximum absolute atomic E-state index is 12.7. The summed E-state index contributed by atoms with van der Waals surface area (Å²) in [5.41, 5.74) is -0.611. The van der Waals surface area contributed by atoms with Crippen LogP contribution in [0.3, 0.4) is 0 Å². The number of rotatable bonds is 4. The van der Waals surface area contributed by atoms with Gasteiger partial charge < -0.3 is 4.90 Å². The quantitative estimate of drug-likeness (QED) is 0.813. The van der Waals surface area contributed by atoms with Gasteiger partial charge in [0.2, 0.25) is 0 Å². The molecule has 0 aliphatic rings. The fraction of sp³-hybridized carbons (Fsp3) is 0.500. The van der Waals surface area contributed by atoms with Crippen molar-refractivity contribution in [3.05, 3.63) is 24.2 Å². The van der Waals surface area contributed by atoms with Gasteiger partial charge >= 0.3 is 6.18 Å². The molecular weight excluding hydrogens is 293 g/mol. The number of hydrogen-bond acceptors (Lipinski definition) is 3. The molecule has 2 heterocycles. The molecule has 0 aromatic carbocycles. The third kappa shape index (κ3) is 2.82. The molecule has 0 amide bonds. The molecule has 0 radical (unpaired) electrons. The zero-order valence-electron chi connectivity index (χ0n) is 11.0. The number of fused-ring (bicyclic) bond motifs is 1. The van der Waals surface area contributed by atoms with Crippen LogP contribution in [0, 0.1) is 0 Å². The lowest BCUT2D eigenvalue weighted by molar-refractivity contribution is -0.141. The normalized spacial score (nSPS) is 12.3. The van der Waals surface area contributed by atoms with Gasteiger partial charge in [0.1, 0.15) is 5.52 Å². The van der Waals surface area contributed by atoms with Gasteiger partial charge in [-0.3, -0.25) is 0 Å². The van der Waals surface area contributed by atoms with Gasteiger partial charge in [0.15, 0.2) is 11.5 Å². The van der Waals surface area contributed by atoms with Crippen LogP contribution < -0.4 is 4.90 Å². The minimum Gasteiger partial charge on any atom is -0.351 e. The van der Waals surface area contributed by atoms with Crippen LogP contribution in [0.4, 0.5) is 19.0 Å². The molecule has 4 nitrogen and oxygen atoms in total. The van der Waals surface area contributed by atoms with Gasteiger partial charge in [-0.05, 0) is 13.8 Å². The molecule has 0 aliphatic heterocycles. The second kappa shape index (κ2) is 5.47. The van der Waals surface area contributed by atoms with E-state index in [1.54, 1.807) is 0 Å². The second-order valence-electron chi connectivity index (χ2n) is 4.58. The molecule has 8 heteroatoms. The molecule has 0 saturated carbocycles. The Morgan fingerprint density at radius 2 is 2.10 bits per heavy atom. The number of halogens is 4. The van der Waals surface area contributed by atoms with Crippen LogP contribution in [0.1, 0.15) is 19.5 Å². The average molecular weight is 307 g/mol. The zero-order valence-corrected chi connectivity index (χ0v) is 11.8. The molecule has 0 atom stereocenters. The van der Waals surface area contributed by atoms with Crippen LogP contribution in [0.5, 0.6) is 0 Å². The van der Waals surface area contributed by atoms with Crippen molar-refractivity contribution < 1.29 is 13.2 Å². The Balaban J connectivity index is 2.56. The standard InChI is InChI=1S/C12H14ClF3N4/c1-8(2)19(5-3-13)11-9-7-10(12(14,15)16)18-20(9)6-4-17-11/h4,6-8H,3,5H2,1-2H3. The summed E-state index contributed by atoms with van der Waals surface area (Å²) < 4.78 is 39.4. The lowest BCUT2D eigenvalue weighted by atomic mass is 10.3. The first-order valence-corrected chi connectivity index (χ1v) is 6.62. The Labute approximate surface area is 119 Å². The van der Waals surface area contributed by atoms with Gasteiger partial charge in [0.05, 0.1) is 0 Å². The Bertz CT molecular complexity index is 594. The largest absolute Gasteiger partial charge is 0.435 e. The van der Waals surface area contributed by atoms with Crippen molar-refractivity contribution in [2.45, 2.75) is 26.1 Å². The zero-order chi connectivity index (χ0) is 14.9.